The molecule has 0 rings (SSSR count). The van der Waals surface area contributed by atoms with Crippen molar-refractivity contribution in [2.75, 3.05) is 47.5 Å². The number of nitrogens with zero attached hydrogens (tertiary/aromatic N) is 1. The first-order valence-electron chi connectivity index (χ1n) is 31.7. The van der Waals surface area contributed by atoms with E-state index in [0.29, 0.717) is 17.4 Å². The van der Waals surface area contributed by atoms with Gasteiger partial charge in [0.2, 0.25) is 0 Å². The minimum absolute atomic E-state index is 0.176. The van der Waals surface area contributed by atoms with Crippen LogP contribution in [-0.2, 0) is 33.3 Å². The lowest BCUT2D eigenvalue weighted by atomic mass is 10.0. The summed E-state index contributed by atoms with van der Waals surface area (Å²) in [7, 11) is 5.96. The van der Waals surface area contributed by atoms with Gasteiger partial charge in [0.1, 0.15) is 13.2 Å². The lowest BCUT2D eigenvalue weighted by molar-refractivity contribution is -0.870. The van der Waals surface area contributed by atoms with Crippen LogP contribution < -0.4 is 0 Å². The van der Waals surface area contributed by atoms with E-state index in [1.807, 2.05) is 21.1 Å². The van der Waals surface area contributed by atoms with Gasteiger partial charge in [-0.3, -0.25) is 9.59 Å². The molecular weight excluding hydrogens is 983 g/mol. The van der Waals surface area contributed by atoms with Crippen LogP contribution in [0.4, 0.5) is 0 Å². The van der Waals surface area contributed by atoms with Crippen LogP contribution in [0.1, 0.15) is 245 Å². The van der Waals surface area contributed by atoms with E-state index < -0.39 is 24.3 Å². The zero-order valence-corrected chi connectivity index (χ0v) is 51.2. The number of esters is 2. The summed E-state index contributed by atoms with van der Waals surface area (Å²) in [6, 6.07) is 0. The number of allylic oxidation sites excluding steroid dienone is 20. The van der Waals surface area contributed by atoms with Gasteiger partial charge < -0.3 is 28.5 Å². The average molecular weight is 1100 g/mol. The van der Waals surface area contributed by atoms with Gasteiger partial charge in [0.15, 0.2) is 6.10 Å². The minimum atomic E-state index is -1.53. The van der Waals surface area contributed by atoms with E-state index in [4.69, 9.17) is 18.9 Å². The number of carbonyl (C=O) groups excluding carboxylic acids is 2. The van der Waals surface area contributed by atoms with Gasteiger partial charge in [0.05, 0.1) is 34.4 Å². The van der Waals surface area contributed by atoms with Crippen molar-refractivity contribution in [2.45, 2.75) is 257 Å². The molecule has 9 heteroatoms. The Morgan fingerprint density at radius 3 is 1.08 bits per heavy atom. The number of likely N-dealkylation sites (N-methyl/N-ethyl adjacent to an activating group) is 1. The fourth-order valence-corrected chi connectivity index (χ4v) is 8.35. The van der Waals surface area contributed by atoms with E-state index in [2.05, 4.69) is 135 Å². The maximum absolute atomic E-state index is 12.9. The molecule has 79 heavy (non-hydrogen) atoms. The summed E-state index contributed by atoms with van der Waals surface area (Å²) in [5.41, 5.74) is 0. The van der Waals surface area contributed by atoms with Gasteiger partial charge in [0, 0.05) is 12.8 Å². The first-order chi connectivity index (χ1) is 38.6. The minimum Gasteiger partial charge on any atom is -0.477 e. The second kappa shape index (κ2) is 59.8. The Hall–Kier alpha value is -4.31. The van der Waals surface area contributed by atoms with Crippen LogP contribution in [0.5, 0.6) is 0 Å². The molecular formula is C70H118NO8+. The van der Waals surface area contributed by atoms with Crippen LogP contribution in [0, 0.1) is 0 Å². The predicted molar refractivity (Wildman–Crippen MR) is 336 cm³/mol. The van der Waals surface area contributed by atoms with E-state index in [1.165, 1.54) is 109 Å². The van der Waals surface area contributed by atoms with E-state index in [0.717, 1.165) is 103 Å². The number of rotatable bonds is 57. The van der Waals surface area contributed by atoms with E-state index in [-0.39, 0.29) is 38.6 Å². The molecule has 0 fully saturated rings. The fourth-order valence-electron chi connectivity index (χ4n) is 8.35. The maximum Gasteiger partial charge on any atom is 0.361 e. The van der Waals surface area contributed by atoms with Crippen LogP contribution in [0.3, 0.4) is 0 Å². The lowest BCUT2D eigenvalue weighted by Crippen LogP contribution is -2.40. The van der Waals surface area contributed by atoms with Gasteiger partial charge >= 0.3 is 17.9 Å². The number of carboxylic acid groups (broad SMARTS) is 1. The van der Waals surface area contributed by atoms with E-state index in [1.54, 1.807) is 0 Å². The number of ether oxygens (including phenoxy) is 4. The van der Waals surface area contributed by atoms with Crippen molar-refractivity contribution in [2.24, 2.45) is 0 Å². The zero-order valence-electron chi connectivity index (χ0n) is 51.2. The predicted octanol–water partition coefficient (Wildman–Crippen LogP) is 19.2. The number of hydrogen-bond donors (Lipinski definition) is 1. The van der Waals surface area contributed by atoms with Gasteiger partial charge in [-0.25, -0.2) is 4.79 Å². The van der Waals surface area contributed by atoms with Gasteiger partial charge in [-0.05, 0) is 109 Å². The SMILES string of the molecule is CC/C=C\C/C=C\C/C=C\C/C=C\C/C=C\C/C=C\C/C=C\C/C=C\CCCCCCC(=O)OC(COC(=O)CCCCCCCCCCCCCCC/C=C\C/C=C\CCCCCCC)COC(OCC[N+](C)(C)C)C(=O)O. The number of carboxylic acids is 1. The molecule has 0 aliphatic carbocycles. The smallest absolute Gasteiger partial charge is 0.361 e. The molecule has 0 radical (unpaired) electrons. The van der Waals surface area contributed by atoms with Crippen LogP contribution in [-0.4, -0.2) is 87.4 Å². The molecule has 0 aliphatic heterocycles. The third kappa shape index (κ3) is 61.2. The Balaban J connectivity index is 4.29. The number of hydrogen-bond acceptors (Lipinski definition) is 7. The third-order valence-electron chi connectivity index (χ3n) is 13.2. The first-order valence-corrected chi connectivity index (χ1v) is 31.7. The summed E-state index contributed by atoms with van der Waals surface area (Å²) in [5, 5.41) is 9.72. The summed E-state index contributed by atoms with van der Waals surface area (Å²) in [6.07, 6.45) is 81.4. The Labute approximate surface area is 485 Å². The molecule has 2 unspecified atom stereocenters. The summed E-state index contributed by atoms with van der Waals surface area (Å²) in [4.78, 5) is 37.5. The quantitative estimate of drug-likeness (QED) is 0.0211. The van der Waals surface area contributed by atoms with Crippen LogP contribution in [0.25, 0.3) is 0 Å². The molecule has 0 heterocycles. The monoisotopic (exact) mass is 1100 g/mol. The van der Waals surface area contributed by atoms with Crippen molar-refractivity contribution in [3.63, 3.8) is 0 Å². The molecule has 2 atom stereocenters. The van der Waals surface area contributed by atoms with Gasteiger partial charge in [-0.1, -0.05) is 245 Å². The standard InChI is InChI=1S/C70H117NO8/c1-6-8-10-12-14-16-18-20-22-24-26-28-30-32-33-34-35-37-39-41-43-45-47-49-51-53-55-57-59-61-68(73)79-66(65-78-70(69(74)75)76-63-62-71(3,4)5)64-77-67(72)60-58-56-54-52-50-48-46-44-42-40-38-36-31-29-27-25-23-21-19-17-15-13-11-9-7-2/h8,10,14,16,19-22,25-28,32-33,35,37,41,43,47,49,66,70H,6-7,9,11-13,15,17-18,23-24,29-31,34,36,38-40,42,44-46,48,50-65H2,1-5H3/p+1/b10-8-,16-14-,21-19-,22-20-,27-25-,28-26-,33-32-,37-35-,43-41-,49-47-. The molecule has 0 aromatic rings. The Kier molecular flexibility index (Phi) is 56.5. The van der Waals surface area contributed by atoms with Crippen LogP contribution in [0.2, 0.25) is 0 Å². The largest absolute Gasteiger partial charge is 0.477 e. The highest BCUT2D eigenvalue weighted by molar-refractivity contribution is 5.71. The lowest BCUT2D eigenvalue weighted by Gasteiger charge is -2.25. The Morgan fingerprint density at radius 2 is 0.722 bits per heavy atom. The van der Waals surface area contributed by atoms with Crippen molar-refractivity contribution in [1.29, 1.82) is 0 Å². The number of quaternary nitrogens is 1. The van der Waals surface area contributed by atoms with E-state index in [9.17, 15) is 19.5 Å². The molecule has 0 spiro atoms. The fraction of sp³-hybridized carbons (Fsp3) is 0.671. The van der Waals surface area contributed by atoms with E-state index >= 15 is 0 Å². The molecule has 0 bridgehead atoms. The molecule has 0 saturated heterocycles. The van der Waals surface area contributed by atoms with Gasteiger partial charge in [-0.15, -0.1) is 0 Å². The summed E-state index contributed by atoms with van der Waals surface area (Å²) in [6.45, 7) is 4.72. The molecule has 0 aromatic heterocycles. The summed E-state index contributed by atoms with van der Waals surface area (Å²) in [5.74, 6) is -2.05. The average Bonchev–Trinajstić information content (AvgIpc) is 3.42. The molecule has 450 valence electrons. The first kappa shape index (κ1) is 74.7. The highest BCUT2D eigenvalue weighted by Crippen LogP contribution is 2.15. The maximum atomic E-state index is 12.9. The molecule has 0 aliphatic rings. The summed E-state index contributed by atoms with van der Waals surface area (Å²) >= 11 is 0. The van der Waals surface area contributed by atoms with Crippen molar-refractivity contribution in [1.82, 2.24) is 0 Å². The molecule has 0 aromatic carbocycles. The van der Waals surface area contributed by atoms with Crippen molar-refractivity contribution in [3.8, 4) is 0 Å². The zero-order chi connectivity index (χ0) is 57.6. The number of aliphatic carboxylic acids is 1. The Morgan fingerprint density at radius 1 is 0.392 bits per heavy atom. The van der Waals surface area contributed by atoms with Gasteiger partial charge in [0.25, 0.3) is 6.29 Å². The molecule has 9 nitrogen and oxygen atoms in total. The van der Waals surface area contributed by atoms with Crippen LogP contribution in [0.15, 0.2) is 122 Å². The van der Waals surface area contributed by atoms with Crippen molar-refractivity contribution >= 4 is 17.9 Å². The van der Waals surface area contributed by atoms with Crippen LogP contribution >= 0.6 is 0 Å². The second-order valence-corrected chi connectivity index (χ2v) is 22.0. The molecule has 0 amide bonds. The van der Waals surface area contributed by atoms with Gasteiger partial charge in [-0.2, -0.15) is 0 Å². The number of carbonyl (C=O) groups is 3. The normalized spacial score (nSPS) is 13.6. The summed E-state index contributed by atoms with van der Waals surface area (Å²) < 4.78 is 22.9. The topological polar surface area (TPSA) is 108 Å². The number of unbranched alkanes of at least 4 members (excludes halogenated alkanes) is 22. The highest BCUT2D eigenvalue weighted by Gasteiger charge is 2.25. The Bertz CT molecular complexity index is 1710. The highest BCUT2D eigenvalue weighted by atomic mass is 16.7. The van der Waals surface area contributed by atoms with Crippen molar-refractivity contribution in [3.05, 3.63) is 122 Å². The van der Waals surface area contributed by atoms with Crippen molar-refractivity contribution < 1.29 is 42.9 Å². The molecule has 1 N–H and O–H groups in total. The second-order valence-electron chi connectivity index (χ2n) is 22.0. The molecule has 0 saturated carbocycles. The third-order valence-corrected chi connectivity index (χ3v) is 13.2.